The van der Waals surface area contributed by atoms with E-state index in [1.807, 2.05) is 0 Å². The lowest BCUT2D eigenvalue weighted by molar-refractivity contribution is -0.141. The molecule has 2 rings (SSSR count). The molecule has 0 spiro atoms. The normalized spacial score (nSPS) is 11.5. The lowest BCUT2D eigenvalue weighted by atomic mass is 10.2. The smallest absolute Gasteiger partial charge is 0.324 e. The number of nitrogens with one attached hydrogen (secondary N) is 1. The Labute approximate surface area is 123 Å². The highest BCUT2D eigenvalue weighted by atomic mass is 35.5. The Hall–Kier alpha value is -2.02. The number of carbonyl (C=O) groups excluding carboxylic acids is 1. The van der Waals surface area contributed by atoms with Crippen LogP contribution in [0.15, 0.2) is 30.5 Å². The third-order valence-electron chi connectivity index (χ3n) is 2.78. The summed E-state index contributed by atoms with van der Waals surface area (Å²) in [5, 5.41) is 6.38. The largest absolute Gasteiger partial charge is 0.435 e. The van der Waals surface area contributed by atoms with Crippen LogP contribution in [0.3, 0.4) is 0 Å². The van der Waals surface area contributed by atoms with E-state index in [0.29, 0.717) is 16.3 Å². The first-order chi connectivity index (χ1) is 9.77. The average Bonchev–Trinajstić information content (AvgIpc) is 2.83. The summed E-state index contributed by atoms with van der Waals surface area (Å²) in [6.07, 6.45) is -3.42. The Kier molecular flexibility index (Phi) is 4.22. The van der Waals surface area contributed by atoms with Gasteiger partial charge in [0.25, 0.3) is 0 Å². The van der Waals surface area contributed by atoms with Crippen molar-refractivity contribution in [3.8, 4) is 0 Å². The predicted octanol–water partition coefficient (Wildman–Crippen LogP) is 3.50. The Balaban J connectivity index is 2.05. The number of carbonyl (C=O) groups is 1. The van der Waals surface area contributed by atoms with E-state index in [9.17, 15) is 18.0 Å². The highest BCUT2D eigenvalue weighted by Gasteiger charge is 2.33. The van der Waals surface area contributed by atoms with Crippen LogP contribution in [-0.4, -0.2) is 15.7 Å². The maximum absolute atomic E-state index is 12.4. The topological polar surface area (TPSA) is 46.9 Å². The van der Waals surface area contributed by atoms with Gasteiger partial charge in [-0.15, -0.1) is 0 Å². The standard InChI is InChI=1S/C13H11ClF3N3O/c1-8-9(14)3-2-4-10(8)18-12(21)7-20-6-5-11(19-20)13(15,16)17/h2-6H,7H2,1H3,(H,18,21). The number of halogens is 4. The van der Waals surface area contributed by atoms with Crippen molar-refractivity contribution in [2.24, 2.45) is 0 Å². The third-order valence-corrected chi connectivity index (χ3v) is 3.19. The van der Waals surface area contributed by atoms with Gasteiger partial charge in [0, 0.05) is 16.9 Å². The average molecular weight is 318 g/mol. The maximum atomic E-state index is 12.4. The molecule has 0 aliphatic carbocycles. The molecular formula is C13H11ClF3N3O. The third kappa shape index (κ3) is 3.75. The van der Waals surface area contributed by atoms with Crippen LogP contribution in [-0.2, 0) is 17.5 Å². The molecule has 0 saturated carbocycles. The molecule has 0 aliphatic rings. The van der Waals surface area contributed by atoms with Crippen molar-refractivity contribution in [2.75, 3.05) is 5.32 Å². The summed E-state index contributed by atoms with van der Waals surface area (Å²) in [6, 6.07) is 5.82. The Morgan fingerprint density at radius 2 is 2.10 bits per heavy atom. The van der Waals surface area contributed by atoms with E-state index < -0.39 is 17.8 Å². The SMILES string of the molecule is Cc1c(Cl)cccc1NC(=O)Cn1ccc(C(F)(F)F)n1. The molecule has 1 aromatic heterocycles. The molecule has 0 saturated heterocycles. The number of aromatic nitrogens is 2. The van der Waals surface area contributed by atoms with Gasteiger partial charge in [-0.3, -0.25) is 9.48 Å². The van der Waals surface area contributed by atoms with Crippen LogP contribution in [0.25, 0.3) is 0 Å². The Bertz CT molecular complexity index is 667. The first kappa shape index (κ1) is 15.4. The lowest BCUT2D eigenvalue weighted by Crippen LogP contribution is -2.20. The van der Waals surface area contributed by atoms with Gasteiger partial charge in [-0.25, -0.2) is 0 Å². The van der Waals surface area contributed by atoms with Gasteiger partial charge in [0.05, 0.1) is 0 Å². The number of benzene rings is 1. The van der Waals surface area contributed by atoms with Gasteiger partial charge in [-0.05, 0) is 30.7 Å². The first-order valence-electron chi connectivity index (χ1n) is 5.93. The van der Waals surface area contributed by atoms with Gasteiger partial charge in [0.2, 0.25) is 5.91 Å². The zero-order valence-corrected chi connectivity index (χ0v) is 11.7. The molecule has 0 radical (unpaired) electrons. The van der Waals surface area contributed by atoms with Crippen LogP contribution in [0.4, 0.5) is 18.9 Å². The summed E-state index contributed by atoms with van der Waals surface area (Å²) in [6.45, 7) is 1.41. The van der Waals surface area contributed by atoms with Crippen LogP contribution in [0.1, 0.15) is 11.3 Å². The van der Waals surface area contributed by atoms with Gasteiger partial charge in [0.1, 0.15) is 6.54 Å². The predicted molar refractivity (Wildman–Crippen MR) is 72.0 cm³/mol. The lowest BCUT2D eigenvalue weighted by Gasteiger charge is -2.09. The van der Waals surface area contributed by atoms with Crippen molar-refractivity contribution >= 4 is 23.2 Å². The molecule has 0 aliphatic heterocycles. The van der Waals surface area contributed by atoms with E-state index in [1.165, 1.54) is 0 Å². The van der Waals surface area contributed by atoms with Gasteiger partial charge in [0.15, 0.2) is 5.69 Å². The molecule has 1 amide bonds. The molecule has 1 aromatic carbocycles. The Morgan fingerprint density at radius 1 is 1.38 bits per heavy atom. The van der Waals surface area contributed by atoms with E-state index in [0.717, 1.165) is 16.9 Å². The highest BCUT2D eigenvalue weighted by Crippen LogP contribution is 2.27. The molecule has 8 heteroatoms. The molecule has 112 valence electrons. The van der Waals surface area contributed by atoms with E-state index in [4.69, 9.17) is 11.6 Å². The fourth-order valence-corrected chi connectivity index (χ4v) is 1.86. The van der Waals surface area contributed by atoms with E-state index in [1.54, 1.807) is 25.1 Å². The van der Waals surface area contributed by atoms with Crippen molar-refractivity contribution in [3.05, 3.63) is 46.7 Å². The number of hydrogen-bond donors (Lipinski definition) is 1. The maximum Gasteiger partial charge on any atom is 0.435 e. The molecule has 2 aromatic rings. The summed E-state index contributed by atoms with van der Waals surface area (Å²) in [4.78, 5) is 11.8. The zero-order chi connectivity index (χ0) is 15.6. The van der Waals surface area contributed by atoms with Crippen molar-refractivity contribution in [1.29, 1.82) is 0 Å². The number of anilines is 1. The molecule has 0 atom stereocenters. The summed E-state index contributed by atoms with van der Waals surface area (Å²) in [5.41, 5.74) is 0.161. The second-order valence-corrected chi connectivity index (χ2v) is 4.76. The summed E-state index contributed by atoms with van der Waals surface area (Å²) in [5.74, 6) is -0.489. The zero-order valence-electron chi connectivity index (χ0n) is 10.9. The van der Waals surface area contributed by atoms with Crippen LogP contribution >= 0.6 is 11.6 Å². The molecule has 21 heavy (non-hydrogen) atoms. The number of nitrogens with zero attached hydrogens (tertiary/aromatic N) is 2. The Morgan fingerprint density at radius 3 is 2.71 bits per heavy atom. The second kappa shape index (κ2) is 5.77. The number of rotatable bonds is 3. The van der Waals surface area contributed by atoms with Gasteiger partial charge >= 0.3 is 6.18 Å². The van der Waals surface area contributed by atoms with Crippen LogP contribution in [0.2, 0.25) is 5.02 Å². The fraction of sp³-hybridized carbons (Fsp3) is 0.231. The molecular weight excluding hydrogens is 307 g/mol. The monoisotopic (exact) mass is 317 g/mol. The van der Waals surface area contributed by atoms with Crippen molar-refractivity contribution in [2.45, 2.75) is 19.6 Å². The fourth-order valence-electron chi connectivity index (χ4n) is 1.68. The van der Waals surface area contributed by atoms with Crippen LogP contribution in [0, 0.1) is 6.92 Å². The van der Waals surface area contributed by atoms with Gasteiger partial charge in [-0.2, -0.15) is 18.3 Å². The number of hydrogen-bond acceptors (Lipinski definition) is 2. The van der Waals surface area contributed by atoms with E-state index in [-0.39, 0.29) is 6.54 Å². The highest BCUT2D eigenvalue weighted by molar-refractivity contribution is 6.31. The van der Waals surface area contributed by atoms with Crippen LogP contribution < -0.4 is 5.32 Å². The van der Waals surface area contributed by atoms with E-state index >= 15 is 0 Å². The van der Waals surface area contributed by atoms with Crippen molar-refractivity contribution < 1.29 is 18.0 Å². The summed E-state index contributed by atoms with van der Waals surface area (Å²) >= 11 is 5.92. The quantitative estimate of drug-likeness (QED) is 0.941. The number of amides is 1. The van der Waals surface area contributed by atoms with Crippen molar-refractivity contribution in [1.82, 2.24) is 9.78 Å². The molecule has 0 bridgehead atoms. The minimum absolute atomic E-state index is 0.317. The summed E-state index contributed by atoms with van der Waals surface area (Å²) in [7, 11) is 0. The van der Waals surface area contributed by atoms with Crippen molar-refractivity contribution in [3.63, 3.8) is 0 Å². The first-order valence-corrected chi connectivity index (χ1v) is 6.31. The minimum Gasteiger partial charge on any atom is -0.324 e. The number of alkyl halides is 3. The molecule has 1 N–H and O–H groups in total. The second-order valence-electron chi connectivity index (χ2n) is 4.36. The molecule has 1 heterocycles. The van der Waals surface area contributed by atoms with Crippen LogP contribution in [0.5, 0.6) is 0 Å². The minimum atomic E-state index is -4.52. The molecule has 0 fully saturated rings. The molecule has 0 unspecified atom stereocenters. The molecule has 4 nitrogen and oxygen atoms in total. The summed E-state index contributed by atoms with van der Waals surface area (Å²) < 4.78 is 38.1. The van der Waals surface area contributed by atoms with E-state index in [2.05, 4.69) is 10.4 Å². The van der Waals surface area contributed by atoms with Gasteiger partial charge in [-0.1, -0.05) is 17.7 Å². The van der Waals surface area contributed by atoms with Gasteiger partial charge < -0.3 is 5.32 Å².